The van der Waals surface area contributed by atoms with Crippen LogP contribution >= 0.6 is 0 Å². The maximum Gasteiger partial charge on any atom is 0.478 e. The van der Waals surface area contributed by atoms with E-state index in [2.05, 4.69) is 0 Å². The SMILES string of the molecule is N#Cc1ccc(OCCC[B-](F)(F)F)cc1. The van der Waals surface area contributed by atoms with E-state index in [0.29, 0.717) is 11.3 Å². The maximum absolute atomic E-state index is 11.9. The molecule has 0 radical (unpaired) electrons. The monoisotopic (exact) mass is 228 g/mol. The van der Waals surface area contributed by atoms with Gasteiger partial charge < -0.3 is 17.7 Å². The fourth-order valence-electron chi connectivity index (χ4n) is 1.13. The highest BCUT2D eigenvalue weighted by atomic mass is 19.4. The minimum absolute atomic E-state index is 0.0349. The molecule has 16 heavy (non-hydrogen) atoms. The summed E-state index contributed by atoms with van der Waals surface area (Å²) in [6.07, 6.45) is -0.820. The van der Waals surface area contributed by atoms with Gasteiger partial charge in [-0.25, -0.2) is 0 Å². The number of nitriles is 1. The maximum atomic E-state index is 11.9. The number of hydrogen-bond donors (Lipinski definition) is 0. The summed E-state index contributed by atoms with van der Waals surface area (Å²) < 4.78 is 40.7. The summed E-state index contributed by atoms with van der Waals surface area (Å²) in [6, 6.07) is 8.19. The smallest absolute Gasteiger partial charge is 0.478 e. The van der Waals surface area contributed by atoms with Crippen molar-refractivity contribution in [3.63, 3.8) is 0 Å². The summed E-state index contributed by atoms with van der Waals surface area (Å²) in [7, 11) is 0. The van der Waals surface area contributed by atoms with E-state index >= 15 is 0 Å². The minimum Gasteiger partial charge on any atom is -0.494 e. The molecule has 0 atom stereocenters. The molecule has 0 amide bonds. The highest BCUT2D eigenvalue weighted by molar-refractivity contribution is 6.58. The summed E-state index contributed by atoms with van der Waals surface area (Å²) in [5.41, 5.74) is 0.492. The van der Waals surface area contributed by atoms with Gasteiger partial charge in [0.25, 0.3) is 0 Å². The summed E-state index contributed by atoms with van der Waals surface area (Å²) >= 11 is 0. The quantitative estimate of drug-likeness (QED) is 0.572. The molecule has 0 bridgehead atoms. The first-order valence-corrected chi connectivity index (χ1v) is 4.85. The molecule has 0 aliphatic rings. The Morgan fingerprint density at radius 3 is 2.31 bits per heavy atom. The Balaban J connectivity index is 2.30. The van der Waals surface area contributed by atoms with Crippen molar-refractivity contribution in [1.29, 1.82) is 5.26 Å². The molecule has 0 aliphatic heterocycles. The van der Waals surface area contributed by atoms with Gasteiger partial charge in [0.2, 0.25) is 0 Å². The molecule has 1 rings (SSSR count). The molecule has 1 aromatic rings. The van der Waals surface area contributed by atoms with Crippen molar-refractivity contribution < 1.29 is 17.7 Å². The summed E-state index contributed by atoms with van der Waals surface area (Å²) in [5, 5.41) is 8.52. The Hall–Kier alpha value is -1.64. The van der Waals surface area contributed by atoms with Crippen LogP contribution in [0.25, 0.3) is 0 Å². The Morgan fingerprint density at radius 2 is 1.81 bits per heavy atom. The lowest BCUT2D eigenvalue weighted by Gasteiger charge is -2.13. The number of halogens is 3. The lowest BCUT2D eigenvalue weighted by atomic mass is 9.85. The van der Waals surface area contributed by atoms with E-state index in [1.807, 2.05) is 6.07 Å². The van der Waals surface area contributed by atoms with E-state index in [1.54, 1.807) is 24.3 Å². The van der Waals surface area contributed by atoms with Crippen molar-refractivity contribution in [2.45, 2.75) is 12.7 Å². The van der Waals surface area contributed by atoms with Crippen LogP contribution in [-0.4, -0.2) is 13.6 Å². The van der Waals surface area contributed by atoms with Crippen LogP contribution in [0.2, 0.25) is 6.32 Å². The molecule has 2 nitrogen and oxygen atoms in total. The molecule has 0 aliphatic carbocycles. The molecule has 0 fully saturated rings. The fraction of sp³-hybridized carbons (Fsp3) is 0.300. The van der Waals surface area contributed by atoms with E-state index in [4.69, 9.17) is 10.00 Å². The molecule has 86 valence electrons. The van der Waals surface area contributed by atoms with Crippen LogP contribution in [0.5, 0.6) is 5.75 Å². The third kappa shape index (κ3) is 4.74. The highest BCUT2D eigenvalue weighted by Gasteiger charge is 2.21. The van der Waals surface area contributed by atoms with E-state index < -0.39 is 13.3 Å². The zero-order valence-electron chi connectivity index (χ0n) is 8.50. The molecule has 0 aromatic heterocycles. The van der Waals surface area contributed by atoms with Crippen molar-refractivity contribution in [3.05, 3.63) is 29.8 Å². The molecule has 1 aromatic carbocycles. The zero-order valence-corrected chi connectivity index (χ0v) is 8.50. The first-order valence-electron chi connectivity index (χ1n) is 4.85. The number of benzene rings is 1. The molecule has 0 saturated heterocycles. The van der Waals surface area contributed by atoms with Crippen LogP contribution in [0.3, 0.4) is 0 Å². The van der Waals surface area contributed by atoms with E-state index in [0.717, 1.165) is 0 Å². The average molecular weight is 228 g/mol. The molecule has 0 unspecified atom stereocenters. The predicted octanol–water partition coefficient (Wildman–Crippen LogP) is 3.17. The highest BCUT2D eigenvalue weighted by Crippen LogP contribution is 2.17. The van der Waals surface area contributed by atoms with Crippen LogP contribution in [0.1, 0.15) is 12.0 Å². The lowest BCUT2D eigenvalue weighted by Crippen LogP contribution is -2.15. The van der Waals surface area contributed by atoms with Crippen molar-refractivity contribution in [2.75, 3.05) is 6.61 Å². The summed E-state index contributed by atoms with van der Waals surface area (Å²) in [4.78, 5) is 0. The first kappa shape index (κ1) is 12.4. The Bertz CT molecular complexity index is 369. The normalized spacial score (nSPS) is 10.9. The van der Waals surface area contributed by atoms with E-state index in [-0.39, 0.29) is 13.0 Å². The van der Waals surface area contributed by atoms with Gasteiger partial charge in [0.1, 0.15) is 5.75 Å². The number of nitrogens with zero attached hydrogens (tertiary/aromatic N) is 1. The van der Waals surface area contributed by atoms with E-state index in [1.165, 1.54) is 0 Å². The predicted molar refractivity (Wildman–Crippen MR) is 55.2 cm³/mol. The van der Waals surface area contributed by atoms with Crippen LogP contribution in [0.15, 0.2) is 24.3 Å². The van der Waals surface area contributed by atoms with Gasteiger partial charge in [-0.05, 0) is 30.7 Å². The third-order valence-corrected chi connectivity index (χ3v) is 1.93. The molecular formula is C10H10BF3NO-. The van der Waals surface area contributed by atoms with Gasteiger partial charge in [0.15, 0.2) is 0 Å². The van der Waals surface area contributed by atoms with Crippen LogP contribution < -0.4 is 4.74 Å². The second-order valence-electron chi connectivity index (χ2n) is 3.34. The Kier molecular flexibility index (Phi) is 4.23. The number of hydrogen-bond acceptors (Lipinski definition) is 2. The number of ether oxygens (including phenoxy) is 1. The van der Waals surface area contributed by atoms with Gasteiger partial charge >= 0.3 is 6.98 Å². The van der Waals surface area contributed by atoms with Crippen LogP contribution in [-0.2, 0) is 0 Å². The van der Waals surface area contributed by atoms with Gasteiger partial charge in [-0.3, -0.25) is 0 Å². The van der Waals surface area contributed by atoms with E-state index in [9.17, 15) is 12.9 Å². The van der Waals surface area contributed by atoms with Crippen molar-refractivity contribution in [3.8, 4) is 11.8 Å². The largest absolute Gasteiger partial charge is 0.494 e. The van der Waals surface area contributed by atoms with Gasteiger partial charge in [-0.1, -0.05) is 6.32 Å². The standard InChI is InChI=1S/C10H10BF3NO/c12-11(13,14)6-1-7-16-10-4-2-9(8-15)3-5-10/h2-5H,1,6-7H2/q-1. The fourth-order valence-corrected chi connectivity index (χ4v) is 1.13. The minimum atomic E-state index is -4.72. The Morgan fingerprint density at radius 1 is 1.19 bits per heavy atom. The number of rotatable bonds is 5. The summed E-state index contributed by atoms with van der Waals surface area (Å²) in [6.45, 7) is -4.68. The van der Waals surface area contributed by atoms with Crippen molar-refractivity contribution in [1.82, 2.24) is 0 Å². The molecule has 0 N–H and O–H groups in total. The second kappa shape index (κ2) is 5.45. The molecule has 0 spiro atoms. The van der Waals surface area contributed by atoms with Gasteiger partial charge in [0.05, 0.1) is 18.2 Å². The summed E-state index contributed by atoms with van der Waals surface area (Å²) in [5.74, 6) is 0.480. The van der Waals surface area contributed by atoms with Crippen molar-refractivity contribution >= 4 is 6.98 Å². The van der Waals surface area contributed by atoms with Crippen LogP contribution in [0, 0.1) is 11.3 Å². The first-order chi connectivity index (χ1) is 7.51. The van der Waals surface area contributed by atoms with Gasteiger partial charge in [-0.15, -0.1) is 0 Å². The molecule has 6 heteroatoms. The van der Waals surface area contributed by atoms with Crippen LogP contribution in [0.4, 0.5) is 12.9 Å². The molecule has 0 saturated carbocycles. The molecular weight excluding hydrogens is 218 g/mol. The van der Waals surface area contributed by atoms with Gasteiger partial charge in [0, 0.05) is 0 Å². The molecule has 0 heterocycles. The third-order valence-electron chi connectivity index (χ3n) is 1.93. The second-order valence-corrected chi connectivity index (χ2v) is 3.34. The Labute approximate surface area is 91.7 Å². The lowest BCUT2D eigenvalue weighted by molar-refractivity contribution is 0.310. The zero-order chi connectivity index (χ0) is 12.0. The van der Waals surface area contributed by atoms with Crippen molar-refractivity contribution in [2.24, 2.45) is 0 Å². The van der Waals surface area contributed by atoms with Gasteiger partial charge in [-0.2, -0.15) is 5.26 Å². The topological polar surface area (TPSA) is 33.0 Å². The average Bonchev–Trinajstić information content (AvgIpc) is 2.24.